The lowest BCUT2D eigenvalue weighted by Crippen LogP contribution is -2.22. The van der Waals surface area contributed by atoms with Crippen LogP contribution in [0.3, 0.4) is 0 Å². The van der Waals surface area contributed by atoms with Crippen molar-refractivity contribution >= 4 is 5.69 Å². The van der Waals surface area contributed by atoms with Crippen LogP contribution in [0.5, 0.6) is 0 Å². The van der Waals surface area contributed by atoms with Gasteiger partial charge in [0.25, 0.3) is 0 Å². The van der Waals surface area contributed by atoms with Gasteiger partial charge in [0.05, 0.1) is 23.8 Å². The maximum absolute atomic E-state index is 4.03. The molecule has 4 nitrogen and oxygen atoms in total. The summed E-state index contributed by atoms with van der Waals surface area (Å²) in [5.41, 5.74) is 2.11. The second-order valence-corrected chi connectivity index (χ2v) is 4.54. The van der Waals surface area contributed by atoms with Gasteiger partial charge >= 0.3 is 0 Å². The quantitative estimate of drug-likeness (QED) is 0.878. The molecular weight excluding hydrogens is 212 g/mol. The second-order valence-electron chi connectivity index (χ2n) is 4.54. The molecule has 1 atom stereocenters. The van der Waals surface area contributed by atoms with E-state index in [2.05, 4.69) is 42.5 Å². The van der Waals surface area contributed by atoms with Gasteiger partial charge in [-0.3, -0.25) is 0 Å². The summed E-state index contributed by atoms with van der Waals surface area (Å²) in [4.78, 5) is 0. The maximum atomic E-state index is 4.03. The first-order chi connectivity index (χ1) is 8.18. The van der Waals surface area contributed by atoms with Gasteiger partial charge in [0.15, 0.2) is 0 Å². The minimum absolute atomic E-state index is 0.416. The van der Waals surface area contributed by atoms with Crippen LogP contribution in [0.4, 0.5) is 5.69 Å². The van der Waals surface area contributed by atoms with Crippen molar-refractivity contribution in [2.45, 2.75) is 26.8 Å². The van der Waals surface area contributed by atoms with Crippen LogP contribution in [0.25, 0.3) is 5.69 Å². The van der Waals surface area contributed by atoms with E-state index in [1.54, 1.807) is 10.9 Å². The third-order valence-electron chi connectivity index (χ3n) is 2.96. The molecule has 17 heavy (non-hydrogen) atoms. The fraction of sp³-hybridized carbons (Fsp3) is 0.385. The van der Waals surface area contributed by atoms with Crippen molar-refractivity contribution in [3.05, 3.63) is 36.7 Å². The topological polar surface area (TPSA) is 42.7 Å². The van der Waals surface area contributed by atoms with Crippen molar-refractivity contribution in [2.75, 3.05) is 5.32 Å². The Bertz CT molecular complexity index is 462. The number of nitrogens with zero attached hydrogens (tertiary/aromatic N) is 3. The standard InChI is InChI=1S/C13H18N4/c1-10(2)11(3)15-12-6-4-5-7-13(12)17-9-8-14-16-17/h4-11,15H,1-3H3. The highest BCUT2D eigenvalue weighted by atomic mass is 15.4. The third-order valence-corrected chi connectivity index (χ3v) is 2.96. The molecule has 4 heteroatoms. The third kappa shape index (κ3) is 2.64. The van der Waals surface area contributed by atoms with Crippen LogP contribution in [-0.4, -0.2) is 21.0 Å². The number of hydrogen-bond donors (Lipinski definition) is 1. The number of para-hydroxylation sites is 2. The Kier molecular flexibility index (Phi) is 3.42. The SMILES string of the molecule is CC(C)C(C)Nc1ccccc1-n1ccnn1. The number of benzene rings is 1. The lowest BCUT2D eigenvalue weighted by molar-refractivity contribution is 0.559. The molecular formula is C13H18N4. The largest absolute Gasteiger partial charge is 0.381 e. The van der Waals surface area contributed by atoms with Gasteiger partial charge in [-0.2, -0.15) is 0 Å². The highest BCUT2D eigenvalue weighted by Gasteiger charge is 2.10. The molecule has 0 aliphatic carbocycles. The average molecular weight is 230 g/mol. The Balaban J connectivity index is 2.29. The molecule has 0 radical (unpaired) electrons. The van der Waals surface area contributed by atoms with E-state index in [4.69, 9.17) is 0 Å². The fourth-order valence-electron chi connectivity index (χ4n) is 1.54. The Morgan fingerprint density at radius 1 is 1.18 bits per heavy atom. The predicted octanol–water partition coefficient (Wildman–Crippen LogP) is 2.72. The van der Waals surface area contributed by atoms with Crippen LogP contribution in [0, 0.1) is 5.92 Å². The molecule has 1 aromatic heterocycles. The summed E-state index contributed by atoms with van der Waals surface area (Å²) in [5, 5.41) is 11.4. The minimum Gasteiger partial charge on any atom is -0.381 e. The summed E-state index contributed by atoms with van der Waals surface area (Å²) >= 11 is 0. The fourth-order valence-corrected chi connectivity index (χ4v) is 1.54. The van der Waals surface area contributed by atoms with E-state index in [9.17, 15) is 0 Å². The molecule has 0 aliphatic heterocycles. The lowest BCUT2D eigenvalue weighted by Gasteiger charge is -2.20. The van der Waals surface area contributed by atoms with Gasteiger partial charge in [0.1, 0.15) is 0 Å². The Labute approximate surface area is 102 Å². The smallest absolute Gasteiger partial charge is 0.0894 e. The van der Waals surface area contributed by atoms with Gasteiger partial charge in [0.2, 0.25) is 0 Å². The van der Waals surface area contributed by atoms with E-state index in [1.165, 1.54) is 0 Å². The molecule has 1 N–H and O–H groups in total. The zero-order valence-corrected chi connectivity index (χ0v) is 10.5. The van der Waals surface area contributed by atoms with Crippen molar-refractivity contribution in [3.63, 3.8) is 0 Å². The molecule has 1 heterocycles. The van der Waals surface area contributed by atoms with Gasteiger partial charge in [-0.15, -0.1) is 5.10 Å². The molecule has 0 aliphatic rings. The summed E-state index contributed by atoms with van der Waals surface area (Å²) in [6, 6.07) is 8.54. The Morgan fingerprint density at radius 3 is 2.59 bits per heavy atom. The van der Waals surface area contributed by atoms with Crippen LogP contribution < -0.4 is 5.32 Å². The van der Waals surface area contributed by atoms with Crippen molar-refractivity contribution in [3.8, 4) is 5.69 Å². The molecule has 90 valence electrons. The van der Waals surface area contributed by atoms with Crippen molar-refractivity contribution in [1.29, 1.82) is 0 Å². The lowest BCUT2D eigenvalue weighted by atomic mass is 10.1. The maximum Gasteiger partial charge on any atom is 0.0894 e. The molecule has 0 saturated heterocycles. The van der Waals surface area contributed by atoms with Gasteiger partial charge < -0.3 is 5.32 Å². The Morgan fingerprint density at radius 2 is 1.94 bits per heavy atom. The molecule has 2 aromatic rings. The van der Waals surface area contributed by atoms with Gasteiger partial charge in [-0.1, -0.05) is 31.2 Å². The molecule has 0 amide bonds. The zero-order chi connectivity index (χ0) is 12.3. The van der Waals surface area contributed by atoms with E-state index < -0.39 is 0 Å². The van der Waals surface area contributed by atoms with Gasteiger partial charge in [-0.25, -0.2) is 4.68 Å². The monoisotopic (exact) mass is 230 g/mol. The van der Waals surface area contributed by atoms with Crippen LogP contribution in [-0.2, 0) is 0 Å². The first-order valence-corrected chi connectivity index (χ1v) is 5.90. The molecule has 1 aromatic carbocycles. The highest BCUT2D eigenvalue weighted by Crippen LogP contribution is 2.20. The highest BCUT2D eigenvalue weighted by molar-refractivity contribution is 5.60. The van der Waals surface area contributed by atoms with Crippen LogP contribution in [0.2, 0.25) is 0 Å². The second kappa shape index (κ2) is 4.99. The molecule has 2 rings (SSSR count). The van der Waals surface area contributed by atoms with Crippen LogP contribution in [0.1, 0.15) is 20.8 Å². The summed E-state index contributed by atoms with van der Waals surface area (Å²) in [6.07, 6.45) is 3.53. The van der Waals surface area contributed by atoms with Gasteiger partial charge in [-0.05, 0) is 25.0 Å². The summed E-state index contributed by atoms with van der Waals surface area (Å²) in [5.74, 6) is 0.582. The van der Waals surface area contributed by atoms with Gasteiger partial charge in [0, 0.05) is 6.04 Å². The molecule has 0 saturated carbocycles. The van der Waals surface area contributed by atoms with Crippen LogP contribution in [0.15, 0.2) is 36.7 Å². The number of nitrogens with one attached hydrogen (secondary N) is 1. The molecule has 1 unspecified atom stereocenters. The van der Waals surface area contributed by atoms with E-state index in [0.717, 1.165) is 11.4 Å². The average Bonchev–Trinajstić information content (AvgIpc) is 2.83. The number of rotatable bonds is 4. The van der Waals surface area contributed by atoms with E-state index in [1.807, 2.05) is 24.4 Å². The molecule has 0 bridgehead atoms. The van der Waals surface area contributed by atoms with E-state index in [0.29, 0.717) is 12.0 Å². The molecule has 0 fully saturated rings. The summed E-state index contributed by atoms with van der Waals surface area (Å²) in [6.45, 7) is 6.59. The first-order valence-electron chi connectivity index (χ1n) is 5.90. The zero-order valence-electron chi connectivity index (χ0n) is 10.5. The number of anilines is 1. The van der Waals surface area contributed by atoms with Crippen molar-refractivity contribution < 1.29 is 0 Å². The van der Waals surface area contributed by atoms with Crippen LogP contribution >= 0.6 is 0 Å². The summed E-state index contributed by atoms with van der Waals surface area (Å²) < 4.78 is 1.77. The number of aromatic nitrogens is 3. The minimum atomic E-state index is 0.416. The van der Waals surface area contributed by atoms with Crippen molar-refractivity contribution in [1.82, 2.24) is 15.0 Å². The van der Waals surface area contributed by atoms with Crippen molar-refractivity contribution in [2.24, 2.45) is 5.92 Å². The van der Waals surface area contributed by atoms with E-state index >= 15 is 0 Å². The Hall–Kier alpha value is -1.84. The first kappa shape index (κ1) is 11.6. The normalized spacial score (nSPS) is 12.7. The molecule has 0 spiro atoms. The number of hydrogen-bond acceptors (Lipinski definition) is 3. The predicted molar refractivity (Wildman–Crippen MR) is 69.3 cm³/mol. The van der Waals surface area contributed by atoms with E-state index in [-0.39, 0.29) is 0 Å². The summed E-state index contributed by atoms with van der Waals surface area (Å²) in [7, 11) is 0.